The molecular weight excluding hydrogens is 234 g/mol. The zero-order valence-electron chi connectivity index (χ0n) is 12.9. The molecule has 0 amide bonds. The van der Waals surface area contributed by atoms with E-state index in [9.17, 15) is 0 Å². The maximum absolute atomic E-state index is 6.12. The molecule has 2 unspecified atom stereocenters. The van der Waals surface area contributed by atoms with Gasteiger partial charge < -0.3 is 10.1 Å². The molecule has 1 aliphatic heterocycles. The van der Waals surface area contributed by atoms with Crippen LogP contribution >= 0.6 is 0 Å². The van der Waals surface area contributed by atoms with Crippen LogP contribution in [0.25, 0.3) is 0 Å². The first kappa shape index (κ1) is 14.4. The third kappa shape index (κ3) is 3.11. The van der Waals surface area contributed by atoms with Gasteiger partial charge in [0.1, 0.15) is 11.4 Å². The van der Waals surface area contributed by atoms with Gasteiger partial charge >= 0.3 is 0 Å². The van der Waals surface area contributed by atoms with Crippen molar-refractivity contribution in [1.29, 1.82) is 0 Å². The van der Waals surface area contributed by atoms with E-state index < -0.39 is 0 Å². The lowest BCUT2D eigenvalue weighted by Crippen LogP contribution is -2.39. The Morgan fingerprint density at radius 2 is 2.11 bits per heavy atom. The van der Waals surface area contributed by atoms with Gasteiger partial charge in [0.25, 0.3) is 0 Å². The van der Waals surface area contributed by atoms with Crippen molar-refractivity contribution in [1.82, 2.24) is 5.32 Å². The van der Waals surface area contributed by atoms with Crippen molar-refractivity contribution in [3.63, 3.8) is 0 Å². The lowest BCUT2D eigenvalue weighted by atomic mass is 9.87. The second-order valence-electron chi connectivity index (χ2n) is 6.28. The fraction of sp³-hybridized carbons (Fsp3) is 0.647. The molecular formula is C17H27NO. The molecule has 0 bridgehead atoms. The van der Waals surface area contributed by atoms with Crippen molar-refractivity contribution in [2.75, 3.05) is 6.54 Å². The molecule has 2 rings (SSSR count). The van der Waals surface area contributed by atoms with Crippen molar-refractivity contribution in [3.8, 4) is 5.75 Å². The Bertz CT molecular complexity index is 439. The van der Waals surface area contributed by atoms with E-state index in [0.29, 0.717) is 12.0 Å². The van der Waals surface area contributed by atoms with Crippen LogP contribution in [0.2, 0.25) is 0 Å². The van der Waals surface area contributed by atoms with Crippen LogP contribution in [0.4, 0.5) is 0 Å². The normalized spacial score (nSPS) is 22.5. The van der Waals surface area contributed by atoms with E-state index in [4.69, 9.17) is 4.74 Å². The van der Waals surface area contributed by atoms with E-state index in [2.05, 4.69) is 58.1 Å². The molecule has 19 heavy (non-hydrogen) atoms. The van der Waals surface area contributed by atoms with E-state index in [1.54, 1.807) is 0 Å². The highest BCUT2D eigenvalue weighted by Crippen LogP contribution is 2.40. The summed E-state index contributed by atoms with van der Waals surface area (Å²) in [6.45, 7) is 12.0. The van der Waals surface area contributed by atoms with Crippen LogP contribution in [-0.2, 0) is 0 Å². The number of rotatable bonds is 4. The minimum atomic E-state index is -0.0856. The van der Waals surface area contributed by atoms with Crippen molar-refractivity contribution < 1.29 is 4.74 Å². The summed E-state index contributed by atoms with van der Waals surface area (Å²) in [4.78, 5) is 0. The van der Waals surface area contributed by atoms with Crippen molar-refractivity contribution in [2.24, 2.45) is 0 Å². The summed E-state index contributed by atoms with van der Waals surface area (Å²) in [5, 5.41) is 3.60. The average Bonchev–Trinajstić information content (AvgIpc) is 2.36. The Hall–Kier alpha value is -1.02. The quantitative estimate of drug-likeness (QED) is 0.866. The van der Waals surface area contributed by atoms with E-state index in [1.807, 2.05) is 0 Å². The fourth-order valence-corrected chi connectivity index (χ4v) is 2.84. The molecule has 1 N–H and O–H groups in total. The molecule has 0 aromatic heterocycles. The molecule has 0 saturated carbocycles. The van der Waals surface area contributed by atoms with Gasteiger partial charge in [0.2, 0.25) is 0 Å². The molecule has 2 heteroatoms. The number of ether oxygens (including phenoxy) is 1. The second-order valence-corrected chi connectivity index (χ2v) is 6.28. The molecule has 1 aliphatic rings. The molecule has 2 nitrogen and oxygen atoms in total. The average molecular weight is 261 g/mol. The summed E-state index contributed by atoms with van der Waals surface area (Å²) in [7, 11) is 0. The second kappa shape index (κ2) is 5.54. The number of hydrogen-bond acceptors (Lipinski definition) is 2. The maximum Gasteiger partial charge on any atom is 0.124 e. The topological polar surface area (TPSA) is 21.3 Å². The number of hydrogen-bond donors (Lipinski definition) is 1. The van der Waals surface area contributed by atoms with Crippen LogP contribution in [0.1, 0.15) is 70.5 Å². The van der Waals surface area contributed by atoms with Crippen LogP contribution in [0.3, 0.4) is 0 Å². The van der Waals surface area contributed by atoms with Gasteiger partial charge in [-0.3, -0.25) is 0 Å². The minimum absolute atomic E-state index is 0.0856. The number of benzene rings is 1. The summed E-state index contributed by atoms with van der Waals surface area (Å²) in [6, 6.07) is 7.12. The maximum atomic E-state index is 6.12. The van der Waals surface area contributed by atoms with E-state index in [-0.39, 0.29) is 5.60 Å². The van der Waals surface area contributed by atoms with Gasteiger partial charge in [0.15, 0.2) is 0 Å². The van der Waals surface area contributed by atoms with Gasteiger partial charge in [0, 0.05) is 18.0 Å². The third-order valence-electron chi connectivity index (χ3n) is 4.12. The Morgan fingerprint density at radius 3 is 2.74 bits per heavy atom. The summed E-state index contributed by atoms with van der Waals surface area (Å²) < 4.78 is 6.12. The first-order chi connectivity index (χ1) is 8.96. The summed E-state index contributed by atoms with van der Waals surface area (Å²) in [5.41, 5.74) is 2.67. The smallest absolute Gasteiger partial charge is 0.124 e. The predicted octanol–water partition coefficient (Wildman–Crippen LogP) is 4.41. The van der Waals surface area contributed by atoms with Gasteiger partial charge in [-0.1, -0.05) is 32.9 Å². The molecule has 106 valence electrons. The fourth-order valence-electron chi connectivity index (χ4n) is 2.84. The Labute approximate surface area is 117 Å². The molecule has 0 radical (unpaired) electrons. The van der Waals surface area contributed by atoms with Crippen molar-refractivity contribution >= 4 is 0 Å². The van der Waals surface area contributed by atoms with Gasteiger partial charge in [-0.15, -0.1) is 0 Å². The van der Waals surface area contributed by atoms with E-state index in [0.717, 1.165) is 18.7 Å². The largest absolute Gasteiger partial charge is 0.487 e. The zero-order chi connectivity index (χ0) is 14.0. The Kier molecular flexibility index (Phi) is 4.19. The zero-order valence-corrected chi connectivity index (χ0v) is 12.9. The lowest BCUT2D eigenvalue weighted by molar-refractivity contribution is 0.0664. The van der Waals surface area contributed by atoms with Crippen molar-refractivity contribution in [2.45, 2.75) is 65.0 Å². The molecule has 0 spiro atoms. The van der Waals surface area contributed by atoms with Crippen LogP contribution in [0.15, 0.2) is 18.2 Å². The standard InChI is InChI=1S/C17H27NO/c1-6-12(3)13-8-9-16-14(10-13)15(18-7-2)11-17(4,5)19-16/h8-10,12,15,18H,6-7,11H2,1-5H3. The van der Waals surface area contributed by atoms with Gasteiger partial charge in [-0.05, 0) is 44.4 Å². The minimum Gasteiger partial charge on any atom is -0.487 e. The lowest BCUT2D eigenvalue weighted by Gasteiger charge is -2.38. The first-order valence-electron chi connectivity index (χ1n) is 7.53. The predicted molar refractivity (Wildman–Crippen MR) is 80.9 cm³/mol. The van der Waals surface area contributed by atoms with E-state index in [1.165, 1.54) is 17.5 Å². The van der Waals surface area contributed by atoms with Gasteiger partial charge in [0.05, 0.1) is 0 Å². The number of fused-ring (bicyclic) bond motifs is 1. The Balaban J connectivity index is 2.37. The van der Waals surface area contributed by atoms with Crippen LogP contribution < -0.4 is 10.1 Å². The highest BCUT2D eigenvalue weighted by atomic mass is 16.5. The molecule has 2 atom stereocenters. The number of nitrogens with one attached hydrogen (secondary N) is 1. The highest BCUT2D eigenvalue weighted by molar-refractivity contribution is 5.42. The molecule has 0 fully saturated rings. The Morgan fingerprint density at radius 1 is 1.37 bits per heavy atom. The van der Waals surface area contributed by atoms with Crippen LogP contribution in [0.5, 0.6) is 5.75 Å². The first-order valence-corrected chi connectivity index (χ1v) is 7.53. The molecule has 1 heterocycles. The van der Waals surface area contributed by atoms with Crippen LogP contribution in [0, 0.1) is 0 Å². The molecule has 1 aromatic carbocycles. The van der Waals surface area contributed by atoms with Crippen molar-refractivity contribution in [3.05, 3.63) is 29.3 Å². The molecule has 0 saturated heterocycles. The third-order valence-corrected chi connectivity index (χ3v) is 4.12. The summed E-state index contributed by atoms with van der Waals surface area (Å²) >= 11 is 0. The molecule has 0 aliphatic carbocycles. The monoisotopic (exact) mass is 261 g/mol. The van der Waals surface area contributed by atoms with Gasteiger partial charge in [-0.2, -0.15) is 0 Å². The summed E-state index contributed by atoms with van der Waals surface area (Å²) in [5.74, 6) is 1.66. The SMILES string of the molecule is CCNC1CC(C)(C)Oc2ccc(C(C)CC)cc21. The van der Waals surface area contributed by atoms with Crippen LogP contribution in [-0.4, -0.2) is 12.1 Å². The van der Waals surface area contributed by atoms with E-state index >= 15 is 0 Å². The molecule has 1 aromatic rings. The highest BCUT2D eigenvalue weighted by Gasteiger charge is 2.33. The van der Waals surface area contributed by atoms with Gasteiger partial charge in [-0.25, -0.2) is 0 Å². The summed E-state index contributed by atoms with van der Waals surface area (Å²) in [6.07, 6.45) is 2.20.